The van der Waals surface area contributed by atoms with Crippen molar-refractivity contribution in [2.75, 3.05) is 46.4 Å². The summed E-state index contributed by atoms with van der Waals surface area (Å²) in [6.07, 6.45) is 2.62. The molecule has 2 saturated heterocycles. The van der Waals surface area contributed by atoms with Gasteiger partial charge in [0, 0.05) is 52.7 Å². The summed E-state index contributed by atoms with van der Waals surface area (Å²) in [5.74, 6) is -0.111. The van der Waals surface area contributed by atoms with Crippen LogP contribution >= 0.6 is 0 Å². The lowest BCUT2D eigenvalue weighted by molar-refractivity contribution is -0.129. The standard InChI is InChI=1S/C15H25N3O4/c1-22-9-8-18-11-12(10-14(18)20)15(21)16-5-3-7-17-6-2-4-13(17)19/h12H,2-11H2,1H3,(H,16,21). The molecule has 0 aromatic heterocycles. The molecule has 22 heavy (non-hydrogen) atoms. The third kappa shape index (κ3) is 4.43. The van der Waals surface area contributed by atoms with Crippen LogP contribution in [0.2, 0.25) is 0 Å². The zero-order valence-corrected chi connectivity index (χ0v) is 13.2. The molecule has 7 nitrogen and oxygen atoms in total. The molecule has 1 atom stereocenters. The Hall–Kier alpha value is -1.63. The number of nitrogens with one attached hydrogen (secondary N) is 1. The van der Waals surface area contributed by atoms with Gasteiger partial charge in [-0.3, -0.25) is 14.4 Å². The summed E-state index contributed by atoms with van der Waals surface area (Å²) < 4.78 is 4.96. The lowest BCUT2D eigenvalue weighted by Gasteiger charge is -2.17. The molecule has 124 valence electrons. The van der Waals surface area contributed by atoms with Crippen LogP contribution in [0.3, 0.4) is 0 Å². The Morgan fingerprint density at radius 2 is 2.09 bits per heavy atom. The van der Waals surface area contributed by atoms with Crippen molar-refractivity contribution >= 4 is 17.7 Å². The van der Waals surface area contributed by atoms with Crippen molar-refractivity contribution < 1.29 is 19.1 Å². The second-order valence-corrected chi connectivity index (χ2v) is 5.86. The van der Waals surface area contributed by atoms with E-state index >= 15 is 0 Å². The molecular weight excluding hydrogens is 286 g/mol. The number of hydrogen-bond acceptors (Lipinski definition) is 4. The van der Waals surface area contributed by atoms with Gasteiger partial charge in [0.05, 0.1) is 12.5 Å². The molecule has 0 aromatic carbocycles. The van der Waals surface area contributed by atoms with Gasteiger partial charge in [-0.15, -0.1) is 0 Å². The summed E-state index contributed by atoms with van der Waals surface area (Å²) in [6.45, 7) is 3.57. The molecular formula is C15H25N3O4. The molecule has 2 heterocycles. The lowest BCUT2D eigenvalue weighted by Crippen LogP contribution is -2.35. The van der Waals surface area contributed by atoms with Gasteiger partial charge < -0.3 is 19.9 Å². The van der Waals surface area contributed by atoms with Crippen LogP contribution in [0.15, 0.2) is 0 Å². The Balaban J connectivity index is 1.63. The molecule has 2 rings (SSSR count). The molecule has 1 N–H and O–H groups in total. The van der Waals surface area contributed by atoms with E-state index < -0.39 is 0 Å². The molecule has 2 aliphatic heterocycles. The zero-order chi connectivity index (χ0) is 15.9. The van der Waals surface area contributed by atoms with Gasteiger partial charge >= 0.3 is 0 Å². The zero-order valence-electron chi connectivity index (χ0n) is 13.2. The molecule has 2 aliphatic rings. The minimum atomic E-state index is -0.266. The summed E-state index contributed by atoms with van der Waals surface area (Å²) >= 11 is 0. The number of hydrogen-bond donors (Lipinski definition) is 1. The van der Waals surface area contributed by atoms with Crippen molar-refractivity contribution in [3.05, 3.63) is 0 Å². The first-order valence-electron chi connectivity index (χ1n) is 7.94. The predicted octanol–water partition coefficient (Wildman–Crippen LogP) is -0.390. The number of carbonyl (C=O) groups is 3. The molecule has 2 fully saturated rings. The van der Waals surface area contributed by atoms with Gasteiger partial charge in [-0.1, -0.05) is 0 Å². The van der Waals surface area contributed by atoms with Gasteiger partial charge in [0.1, 0.15) is 0 Å². The van der Waals surface area contributed by atoms with E-state index in [2.05, 4.69) is 5.32 Å². The maximum Gasteiger partial charge on any atom is 0.225 e. The highest BCUT2D eigenvalue weighted by atomic mass is 16.5. The molecule has 0 aromatic rings. The van der Waals surface area contributed by atoms with Gasteiger partial charge in [0.25, 0.3) is 0 Å². The SMILES string of the molecule is COCCN1CC(C(=O)NCCCN2CCCC2=O)CC1=O. The highest BCUT2D eigenvalue weighted by Gasteiger charge is 2.33. The van der Waals surface area contributed by atoms with E-state index in [1.807, 2.05) is 4.90 Å². The minimum absolute atomic E-state index is 0.0138. The second-order valence-electron chi connectivity index (χ2n) is 5.86. The van der Waals surface area contributed by atoms with E-state index in [-0.39, 0.29) is 30.1 Å². The largest absolute Gasteiger partial charge is 0.383 e. The quantitative estimate of drug-likeness (QED) is 0.619. The molecule has 3 amide bonds. The Kier molecular flexibility index (Phi) is 6.18. The Morgan fingerprint density at radius 1 is 1.27 bits per heavy atom. The first kappa shape index (κ1) is 16.7. The van der Waals surface area contributed by atoms with E-state index in [0.29, 0.717) is 39.2 Å². The van der Waals surface area contributed by atoms with Crippen LogP contribution in [0, 0.1) is 5.92 Å². The first-order chi connectivity index (χ1) is 10.6. The van der Waals surface area contributed by atoms with Gasteiger partial charge in [-0.2, -0.15) is 0 Å². The van der Waals surface area contributed by atoms with E-state index in [9.17, 15) is 14.4 Å². The number of nitrogens with zero attached hydrogens (tertiary/aromatic N) is 2. The van der Waals surface area contributed by atoms with Crippen molar-refractivity contribution in [1.29, 1.82) is 0 Å². The number of rotatable bonds is 8. The summed E-state index contributed by atoms with van der Waals surface area (Å²) in [5.41, 5.74) is 0. The number of methoxy groups -OCH3 is 1. The smallest absolute Gasteiger partial charge is 0.225 e. The van der Waals surface area contributed by atoms with Crippen molar-refractivity contribution in [1.82, 2.24) is 15.1 Å². The monoisotopic (exact) mass is 311 g/mol. The summed E-state index contributed by atoms with van der Waals surface area (Å²) in [6, 6.07) is 0. The topological polar surface area (TPSA) is 79.0 Å². The van der Waals surface area contributed by atoms with Crippen LogP contribution in [0.1, 0.15) is 25.7 Å². The van der Waals surface area contributed by atoms with Crippen LogP contribution in [0.25, 0.3) is 0 Å². The van der Waals surface area contributed by atoms with Crippen molar-refractivity contribution in [2.24, 2.45) is 5.92 Å². The molecule has 0 spiro atoms. The van der Waals surface area contributed by atoms with Crippen LogP contribution in [-0.2, 0) is 19.1 Å². The maximum absolute atomic E-state index is 12.1. The normalized spacial score (nSPS) is 21.8. The van der Waals surface area contributed by atoms with Crippen LogP contribution in [0.5, 0.6) is 0 Å². The number of amides is 3. The average Bonchev–Trinajstić information content (AvgIpc) is 3.07. The fraction of sp³-hybridized carbons (Fsp3) is 0.800. The van der Waals surface area contributed by atoms with Crippen molar-refractivity contribution in [3.8, 4) is 0 Å². The Morgan fingerprint density at radius 3 is 2.77 bits per heavy atom. The van der Waals surface area contributed by atoms with E-state index in [1.165, 1.54) is 0 Å². The molecule has 0 aliphatic carbocycles. The highest BCUT2D eigenvalue weighted by molar-refractivity contribution is 5.89. The Labute approximate surface area is 131 Å². The molecule has 7 heteroatoms. The van der Waals surface area contributed by atoms with Gasteiger partial charge in [-0.05, 0) is 12.8 Å². The molecule has 0 saturated carbocycles. The minimum Gasteiger partial charge on any atom is -0.383 e. The first-order valence-corrected chi connectivity index (χ1v) is 7.94. The van der Waals surface area contributed by atoms with Gasteiger partial charge in [0.15, 0.2) is 0 Å². The number of likely N-dealkylation sites (tertiary alicyclic amines) is 2. The van der Waals surface area contributed by atoms with Crippen LogP contribution < -0.4 is 5.32 Å². The third-order valence-electron chi connectivity index (χ3n) is 4.23. The second kappa shape index (κ2) is 8.12. The third-order valence-corrected chi connectivity index (χ3v) is 4.23. The number of carbonyl (C=O) groups excluding carboxylic acids is 3. The van der Waals surface area contributed by atoms with Gasteiger partial charge in [0.2, 0.25) is 17.7 Å². The van der Waals surface area contributed by atoms with Gasteiger partial charge in [-0.25, -0.2) is 0 Å². The predicted molar refractivity (Wildman–Crippen MR) is 80.0 cm³/mol. The van der Waals surface area contributed by atoms with Crippen LogP contribution in [-0.4, -0.2) is 74.0 Å². The number of ether oxygens (including phenoxy) is 1. The maximum atomic E-state index is 12.1. The van der Waals surface area contributed by atoms with E-state index in [0.717, 1.165) is 19.4 Å². The van der Waals surface area contributed by atoms with Crippen LogP contribution in [0.4, 0.5) is 0 Å². The highest BCUT2D eigenvalue weighted by Crippen LogP contribution is 2.17. The van der Waals surface area contributed by atoms with Crippen molar-refractivity contribution in [2.45, 2.75) is 25.7 Å². The molecule has 0 radical (unpaired) electrons. The fourth-order valence-electron chi connectivity index (χ4n) is 2.93. The Bertz CT molecular complexity index is 427. The summed E-state index contributed by atoms with van der Waals surface area (Å²) in [4.78, 5) is 38.8. The summed E-state index contributed by atoms with van der Waals surface area (Å²) in [7, 11) is 1.59. The fourth-order valence-corrected chi connectivity index (χ4v) is 2.93. The molecule has 1 unspecified atom stereocenters. The average molecular weight is 311 g/mol. The van der Waals surface area contributed by atoms with E-state index in [4.69, 9.17) is 4.74 Å². The molecule has 0 bridgehead atoms. The van der Waals surface area contributed by atoms with Crippen molar-refractivity contribution in [3.63, 3.8) is 0 Å². The lowest BCUT2D eigenvalue weighted by atomic mass is 10.1. The summed E-state index contributed by atoms with van der Waals surface area (Å²) in [5, 5.41) is 2.87. The van der Waals surface area contributed by atoms with E-state index in [1.54, 1.807) is 12.0 Å².